The van der Waals surface area contributed by atoms with Crippen LogP contribution < -0.4 is 14.8 Å². The van der Waals surface area contributed by atoms with Crippen molar-refractivity contribution in [3.05, 3.63) is 23.8 Å². The lowest BCUT2D eigenvalue weighted by atomic mass is 10.1. The molecule has 0 aromatic heterocycles. The minimum Gasteiger partial charge on any atom is -0.493 e. The van der Waals surface area contributed by atoms with Crippen LogP contribution in [0, 0.1) is 5.92 Å². The zero-order valence-electron chi connectivity index (χ0n) is 12.0. The van der Waals surface area contributed by atoms with Gasteiger partial charge in [-0.2, -0.15) is 20.5 Å². The molecule has 6 heteroatoms. The first-order valence-corrected chi connectivity index (χ1v) is 7.78. The summed E-state index contributed by atoms with van der Waals surface area (Å²) in [6, 6.07) is 5.13. The van der Waals surface area contributed by atoms with E-state index in [1.165, 1.54) is 7.11 Å². The predicted molar refractivity (Wildman–Crippen MR) is 78.9 cm³/mol. The third-order valence-corrected chi connectivity index (χ3v) is 3.65. The van der Waals surface area contributed by atoms with Gasteiger partial charge in [0.25, 0.3) is 0 Å². The van der Waals surface area contributed by atoms with Crippen molar-refractivity contribution in [2.24, 2.45) is 5.92 Å². The highest BCUT2D eigenvalue weighted by Gasteiger charge is 2.15. The molecule has 0 aliphatic rings. The normalized spacial score (nSPS) is 12.5. The molecule has 0 heterocycles. The zero-order chi connectivity index (χ0) is 15.0. The summed E-state index contributed by atoms with van der Waals surface area (Å²) in [6.07, 6.45) is 2.06. The Morgan fingerprint density at radius 2 is 2.10 bits per heavy atom. The van der Waals surface area contributed by atoms with Crippen molar-refractivity contribution in [1.82, 2.24) is 5.32 Å². The van der Waals surface area contributed by atoms with Gasteiger partial charge in [-0.15, -0.1) is 0 Å². The van der Waals surface area contributed by atoms with Crippen LogP contribution in [0.5, 0.6) is 11.5 Å². The van der Waals surface area contributed by atoms with E-state index in [0.717, 1.165) is 12.3 Å². The Morgan fingerprint density at radius 1 is 1.35 bits per heavy atom. The van der Waals surface area contributed by atoms with Crippen molar-refractivity contribution in [2.75, 3.05) is 25.7 Å². The maximum absolute atomic E-state index is 12.5. The maximum Gasteiger partial charge on any atom is 0.387 e. The highest BCUT2D eigenvalue weighted by molar-refractivity contribution is 7.98. The second kappa shape index (κ2) is 9.02. The first kappa shape index (κ1) is 17.0. The molecule has 0 saturated heterocycles. The van der Waals surface area contributed by atoms with Gasteiger partial charge < -0.3 is 14.8 Å². The van der Waals surface area contributed by atoms with Crippen molar-refractivity contribution < 1.29 is 18.3 Å². The van der Waals surface area contributed by atoms with Crippen LogP contribution in [-0.2, 0) is 6.54 Å². The zero-order valence-corrected chi connectivity index (χ0v) is 12.8. The van der Waals surface area contributed by atoms with Crippen LogP contribution in [0.1, 0.15) is 12.5 Å². The molecule has 0 fully saturated rings. The van der Waals surface area contributed by atoms with E-state index in [-0.39, 0.29) is 5.75 Å². The summed E-state index contributed by atoms with van der Waals surface area (Å²) in [5.74, 6) is 2.01. The molecule has 1 unspecified atom stereocenters. The van der Waals surface area contributed by atoms with Gasteiger partial charge in [0.2, 0.25) is 0 Å². The average molecular weight is 305 g/mol. The standard InChI is InChI=1S/C14H21F2NO2S/c1-10(9-20-3)7-17-8-11-5-4-6-12(18-2)13(11)19-14(15)16/h4-6,10,14,17H,7-9H2,1-3H3. The van der Waals surface area contributed by atoms with Crippen molar-refractivity contribution >= 4 is 11.8 Å². The second-order valence-corrected chi connectivity index (χ2v) is 5.43. The van der Waals surface area contributed by atoms with E-state index in [1.54, 1.807) is 30.0 Å². The van der Waals surface area contributed by atoms with Crippen LogP contribution in [0.2, 0.25) is 0 Å². The predicted octanol–water partition coefficient (Wildman–Crippen LogP) is 3.39. The Hall–Kier alpha value is -1.01. The summed E-state index contributed by atoms with van der Waals surface area (Å²) in [6.45, 7) is 0.580. The fourth-order valence-corrected chi connectivity index (χ4v) is 2.57. The van der Waals surface area contributed by atoms with Crippen LogP contribution >= 0.6 is 11.8 Å². The van der Waals surface area contributed by atoms with E-state index < -0.39 is 6.61 Å². The number of ether oxygens (including phenoxy) is 2. The molecule has 0 amide bonds. The van der Waals surface area contributed by atoms with E-state index in [4.69, 9.17) is 4.74 Å². The van der Waals surface area contributed by atoms with Gasteiger partial charge in [0, 0.05) is 12.1 Å². The molecule has 114 valence electrons. The van der Waals surface area contributed by atoms with E-state index in [0.29, 0.717) is 23.8 Å². The molecule has 1 rings (SSSR count). The Morgan fingerprint density at radius 3 is 2.70 bits per heavy atom. The number of rotatable bonds is 9. The fourth-order valence-electron chi connectivity index (χ4n) is 1.88. The van der Waals surface area contributed by atoms with Crippen LogP contribution in [0.25, 0.3) is 0 Å². The quantitative estimate of drug-likeness (QED) is 0.757. The van der Waals surface area contributed by atoms with Gasteiger partial charge in [-0.05, 0) is 30.5 Å². The van der Waals surface area contributed by atoms with Gasteiger partial charge in [-0.1, -0.05) is 19.1 Å². The second-order valence-electron chi connectivity index (χ2n) is 4.52. The van der Waals surface area contributed by atoms with Crippen molar-refractivity contribution in [1.29, 1.82) is 0 Å². The minimum absolute atomic E-state index is 0.106. The molecule has 0 bridgehead atoms. The Kier molecular flexibility index (Phi) is 7.69. The smallest absolute Gasteiger partial charge is 0.387 e. The topological polar surface area (TPSA) is 30.5 Å². The number of hydrogen-bond donors (Lipinski definition) is 1. The summed E-state index contributed by atoms with van der Waals surface area (Å²) < 4.78 is 34.6. The van der Waals surface area contributed by atoms with Gasteiger partial charge in [-0.3, -0.25) is 0 Å². The average Bonchev–Trinajstić information content (AvgIpc) is 2.40. The Labute approximate surface area is 123 Å². The molecule has 1 aromatic rings. The first-order valence-electron chi connectivity index (χ1n) is 6.38. The van der Waals surface area contributed by atoms with E-state index >= 15 is 0 Å². The van der Waals surface area contributed by atoms with Crippen molar-refractivity contribution in [2.45, 2.75) is 20.1 Å². The lowest BCUT2D eigenvalue weighted by molar-refractivity contribution is -0.0518. The summed E-state index contributed by atoms with van der Waals surface area (Å²) in [5, 5.41) is 3.26. The molecule has 0 aliphatic heterocycles. The summed E-state index contributed by atoms with van der Waals surface area (Å²) in [4.78, 5) is 0. The van der Waals surface area contributed by atoms with Gasteiger partial charge in [0.1, 0.15) is 0 Å². The van der Waals surface area contributed by atoms with Gasteiger partial charge in [0.15, 0.2) is 11.5 Å². The number of nitrogens with one attached hydrogen (secondary N) is 1. The van der Waals surface area contributed by atoms with Crippen LogP contribution in [0.15, 0.2) is 18.2 Å². The number of benzene rings is 1. The molecule has 1 N–H and O–H groups in total. The van der Waals surface area contributed by atoms with Crippen LogP contribution in [0.3, 0.4) is 0 Å². The Balaban J connectivity index is 2.68. The highest BCUT2D eigenvalue weighted by atomic mass is 32.2. The largest absolute Gasteiger partial charge is 0.493 e. The molecule has 0 radical (unpaired) electrons. The summed E-state index contributed by atoms with van der Waals surface area (Å²) in [5.41, 5.74) is 0.668. The molecule has 0 spiro atoms. The summed E-state index contributed by atoms with van der Waals surface area (Å²) in [7, 11) is 1.44. The van der Waals surface area contributed by atoms with Gasteiger partial charge >= 0.3 is 6.61 Å². The fraction of sp³-hybridized carbons (Fsp3) is 0.571. The monoisotopic (exact) mass is 305 g/mol. The van der Waals surface area contributed by atoms with E-state index in [2.05, 4.69) is 23.2 Å². The minimum atomic E-state index is -2.86. The lowest BCUT2D eigenvalue weighted by Crippen LogP contribution is -2.22. The molecule has 1 aromatic carbocycles. The van der Waals surface area contributed by atoms with Gasteiger partial charge in [-0.25, -0.2) is 0 Å². The maximum atomic E-state index is 12.5. The molecule has 0 aliphatic carbocycles. The molecule has 3 nitrogen and oxygen atoms in total. The third kappa shape index (κ3) is 5.54. The molecular formula is C14H21F2NO2S. The van der Waals surface area contributed by atoms with Crippen molar-refractivity contribution in [3.8, 4) is 11.5 Å². The Bertz CT molecular complexity index is 405. The number of para-hydroxylation sites is 1. The molecule has 1 atom stereocenters. The SMILES string of the molecule is COc1cccc(CNCC(C)CSC)c1OC(F)F. The molecule has 20 heavy (non-hydrogen) atoms. The van der Waals surface area contributed by atoms with Crippen LogP contribution in [-0.4, -0.2) is 32.3 Å². The highest BCUT2D eigenvalue weighted by Crippen LogP contribution is 2.32. The summed E-state index contributed by atoms with van der Waals surface area (Å²) >= 11 is 1.79. The lowest BCUT2D eigenvalue weighted by Gasteiger charge is -2.16. The number of thioether (sulfide) groups is 1. The number of alkyl halides is 2. The van der Waals surface area contributed by atoms with Gasteiger partial charge in [0.05, 0.1) is 7.11 Å². The van der Waals surface area contributed by atoms with Crippen LogP contribution in [0.4, 0.5) is 8.78 Å². The van der Waals surface area contributed by atoms with E-state index in [1.807, 2.05) is 0 Å². The first-order chi connectivity index (χ1) is 9.58. The molecule has 0 saturated carbocycles. The number of methoxy groups -OCH3 is 1. The third-order valence-electron chi connectivity index (χ3n) is 2.75. The molecular weight excluding hydrogens is 284 g/mol. The number of hydrogen-bond acceptors (Lipinski definition) is 4. The number of halogens is 2. The van der Waals surface area contributed by atoms with Crippen molar-refractivity contribution in [3.63, 3.8) is 0 Å². The van der Waals surface area contributed by atoms with E-state index in [9.17, 15) is 8.78 Å².